The third-order valence-electron chi connectivity index (χ3n) is 1.75. The van der Waals surface area contributed by atoms with Crippen molar-refractivity contribution >= 4 is 0 Å². The largest absolute Gasteiger partial charge is 0.373 e. The number of rotatable bonds is 2. The van der Waals surface area contributed by atoms with E-state index >= 15 is 0 Å². The molecule has 0 amide bonds. The summed E-state index contributed by atoms with van der Waals surface area (Å²) in [4.78, 5) is 0. The standard InChI is InChI=1S/C7H14O2/c1-4-8-6-5-9-7(6,2)3/h6H,4-5H2,1-3H3. The summed E-state index contributed by atoms with van der Waals surface area (Å²) in [5.74, 6) is 0. The molecule has 1 saturated heterocycles. The van der Waals surface area contributed by atoms with E-state index in [0.29, 0.717) is 6.10 Å². The summed E-state index contributed by atoms with van der Waals surface area (Å²) < 4.78 is 10.6. The third-order valence-corrected chi connectivity index (χ3v) is 1.75. The van der Waals surface area contributed by atoms with Crippen molar-refractivity contribution in [2.24, 2.45) is 0 Å². The fourth-order valence-corrected chi connectivity index (χ4v) is 0.935. The molecule has 2 nitrogen and oxygen atoms in total. The summed E-state index contributed by atoms with van der Waals surface area (Å²) in [6.45, 7) is 7.67. The van der Waals surface area contributed by atoms with Gasteiger partial charge in [-0.3, -0.25) is 0 Å². The number of hydrogen-bond acceptors (Lipinski definition) is 2. The Bertz CT molecular complexity index is 99.1. The lowest BCUT2D eigenvalue weighted by Gasteiger charge is -2.43. The molecule has 1 fully saturated rings. The Labute approximate surface area is 56.2 Å². The molecule has 9 heavy (non-hydrogen) atoms. The van der Waals surface area contributed by atoms with Crippen LogP contribution >= 0.6 is 0 Å². The molecule has 1 aliphatic rings. The van der Waals surface area contributed by atoms with Crippen LogP contribution in [0.1, 0.15) is 20.8 Å². The van der Waals surface area contributed by atoms with Crippen molar-refractivity contribution < 1.29 is 9.47 Å². The molecule has 0 aliphatic carbocycles. The molecule has 0 spiro atoms. The minimum atomic E-state index is -0.0317. The average Bonchev–Trinajstić information content (AvgIpc) is 1.81. The first-order chi connectivity index (χ1) is 4.17. The fourth-order valence-electron chi connectivity index (χ4n) is 0.935. The zero-order valence-corrected chi connectivity index (χ0v) is 6.31. The van der Waals surface area contributed by atoms with Gasteiger partial charge in [-0.2, -0.15) is 0 Å². The van der Waals surface area contributed by atoms with Gasteiger partial charge in [0, 0.05) is 6.61 Å². The van der Waals surface area contributed by atoms with Gasteiger partial charge in [-0.05, 0) is 20.8 Å². The van der Waals surface area contributed by atoms with Gasteiger partial charge in [0.05, 0.1) is 12.2 Å². The van der Waals surface area contributed by atoms with E-state index in [0.717, 1.165) is 13.2 Å². The van der Waals surface area contributed by atoms with Crippen LogP contribution in [0.2, 0.25) is 0 Å². The maximum absolute atomic E-state index is 5.37. The maximum Gasteiger partial charge on any atom is 0.109 e. The molecular formula is C7H14O2. The molecule has 2 heteroatoms. The quantitative estimate of drug-likeness (QED) is 0.559. The Morgan fingerprint density at radius 1 is 1.67 bits per heavy atom. The van der Waals surface area contributed by atoms with E-state index in [1.807, 2.05) is 6.92 Å². The minimum Gasteiger partial charge on any atom is -0.373 e. The predicted molar refractivity (Wildman–Crippen MR) is 35.4 cm³/mol. The van der Waals surface area contributed by atoms with Gasteiger partial charge in [0.1, 0.15) is 6.10 Å². The molecule has 1 aliphatic heterocycles. The Morgan fingerprint density at radius 2 is 2.33 bits per heavy atom. The summed E-state index contributed by atoms with van der Waals surface area (Å²) in [6, 6.07) is 0. The summed E-state index contributed by atoms with van der Waals surface area (Å²) in [6.07, 6.45) is 0.322. The summed E-state index contributed by atoms with van der Waals surface area (Å²) in [5.41, 5.74) is -0.0317. The number of hydrogen-bond donors (Lipinski definition) is 0. The highest BCUT2D eigenvalue weighted by atomic mass is 16.6. The molecule has 0 radical (unpaired) electrons. The second kappa shape index (κ2) is 2.27. The van der Waals surface area contributed by atoms with E-state index in [1.54, 1.807) is 0 Å². The summed E-state index contributed by atoms with van der Waals surface area (Å²) in [5, 5.41) is 0. The topological polar surface area (TPSA) is 18.5 Å². The van der Waals surface area contributed by atoms with Crippen molar-refractivity contribution in [2.75, 3.05) is 13.2 Å². The van der Waals surface area contributed by atoms with Crippen LogP contribution in [0.25, 0.3) is 0 Å². The lowest BCUT2D eigenvalue weighted by molar-refractivity contribution is -0.237. The van der Waals surface area contributed by atoms with E-state index in [1.165, 1.54) is 0 Å². The van der Waals surface area contributed by atoms with Crippen LogP contribution in [0, 0.1) is 0 Å². The summed E-state index contributed by atoms with van der Waals surface area (Å²) in [7, 11) is 0. The molecule has 1 rings (SSSR count). The minimum absolute atomic E-state index is 0.0317. The van der Waals surface area contributed by atoms with Gasteiger partial charge < -0.3 is 9.47 Å². The normalized spacial score (nSPS) is 31.7. The Balaban J connectivity index is 2.28. The molecule has 54 valence electrons. The van der Waals surface area contributed by atoms with E-state index in [2.05, 4.69) is 13.8 Å². The van der Waals surface area contributed by atoms with E-state index in [9.17, 15) is 0 Å². The maximum atomic E-state index is 5.37. The van der Waals surface area contributed by atoms with Gasteiger partial charge in [0.25, 0.3) is 0 Å². The van der Waals surface area contributed by atoms with Crippen molar-refractivity contribution in [3.05, 3.63) is 0 Å². The zero-order chi connectivity index (χ0) is 6.91. The van der Waals surface area contributed by atoms with Gasteiger partial charge in [-0.15, -0.1) is 0 Å². The molecule has 0 N–H and O–H groups in total. The highest BCUT2D eigenvalue weighted by Crippen LogP contribution is 2.27. The van der Waals surface area contributed by atoms with Crippen LogP contribution in [0.5, 0.6) is 0 Å². The van der Waals surface area contributed by atoms with Crippen molar-refractivity contribution in [1.82, 2.24) is 0 Å². The molecular weight excluding hydrogens is 116 g/mol. The Kier molecular flexibility index (Phi) is 1.78. The van der Waals surface area contributed by atoms with E-state index in [4.69, 9.17) is 9.47 Å². The lowest BCUT2D eigenvalue weighted by Crippen LogP contribution is -2.54. The third kappa shape index (κ3) is 1.25. The van der Waals surface area contributed by atoms with Crippen molar-refractivity contribution in [3.63, 3.8) is 0 Å². The fraction of sp³-hybridized carbons (Fsp3) is 1.00. The monoisotopic (exact) mass is 130 g/mol. The summed E-state index contributed by atoms with van der Waals surface area (Å²) >= 11 is 0. The average molecular weight is 130 g/mol. The molecule has 0 bridgehead atoms. The highest BCUT2D eigenvalue weighted by Gasteiger charge is 2.40. The van der Waals surface area contributed by atoms with Gasteiger partial charge in [-0.25, -0.2) is 0 Å². The molecule has 0 aromatic carbocycles. The van der Waals surface area contributed by atoms with Gasteiger partial charge >= 0.3 is 0 Å². The number of ether oxygens (including phenoxy) is 2. The molecule has 0 aromatic heterocycles. The smallest absolute Gasteiger partial charge is 0.109 e. The highest BCUT2D eigenvalue weighted by molar-refractivity contribution is 4.88. The Hall–Kier alpha value is -0.0800. The van der Waals surface area contributed by atoms with Crippen LogP contribution in [-0.2, 0) is 9.47 Å². The lowest BCUT2D eigenvalue weighted by atomic mass is 9.97. The molecule has 1 unspecified atom stereocenters. The zero-order valence-electron chi connectivity index (χ0n) is 6.31. The van der Waals surface area contributed by atoms with Crippen molar-refractivity contribution in [2.45, 2.75) is 32.5 Å². The predicted octanol–water partition coefficient (Wildman–Crippen LogP) is 1.20. The van der Waals surface area contributed by atoms with Crippen molar-refractivity contribution in [1.29, 1.82) is 0 Å². The molecule has 0 saturated carbocycles. The second-order valence-corrected chi connectivity index (χ2v) is 2.86. The van der Waals surface area contributed by atoms with Gasteiger partial charge in [0.2, 0.25) is 0 Å². The van der Waals surface area contributed by atoms with Crippen molar-refractivity contribution in [3.8, 4) is 0 Å². The van der Waals surface area contributed by atoms with Crippen LogP contribution < -0.4 is 0 Å². The first-order valence-electron chi connectivity index (χ1n) is 3.42. The van der Waals surface area contributed by atoms with Crippen LogP contribution in [0.15, 0.2) is 0 Å². The van der Waals surface area contributed by atoms with E-state index in [-0.39, 0.29) is 5.60 Å². The Morgan fingerprint density at radius 3 is 2.44 bits per heavy atom. The van der Waals surface area contributed by atoms with Gasteiger partial charge in [-0.1, -0.05) is 0 Å². The van der Waals surface area contributed by atoms with Gasteiger partial charge in [0.15, 0.2) is 0 Å². The molecule has 1 atom stereocenters. The molecule has 0 aromatic rings. The first kappa shape index (κ1) is 7.03. The van der Waals surface area contributed by atoms with Crippen LogP contribution in [0.4, 0.5) is 0 Å². The second-order valence-electron chi connectivity index (χ2n) is 2.86. The SMILES string of the molecule is CCOC1COC1(C)C. The first-order valence-corrected chi connectivity index (χ1v) is 3.42. The van der Waals surface area contributed by atoms with Crippen LogP contribution in [-0.4, -0.2) is 24.9 Å². The van der Waals surface area contributed by atoms with Crippen LogP contribution in [0.3, 0.4) is 0 Å². The van der Waals surface area contributed by atoms with E-state index < -0.39 is 0 Å². The molecule has 1 heterocycles.